The molecule has 2 N–H and O–H groups in total. The van der Waals surface area contributed by atoms with Crippen LogP contribution in [0.2, 0.25) is 0 Å². The molecule has 1 aromatic rings. The Morgan fingerprint density at radius 3 is 2.89 bits per heavy atom. The van der Waals surface area contributed by atoms with E-state index in [2.05, 4.69) is 10.3 Å². The molecule has 2 rings (SSSR count). The summed E-state index contributed by atoms with van der Waals surface area (Å²) in [4.78, 5) is 28.9. The van der Waals surface area contributed by atoms with Crippen LogP contribution in [0.4, 0.5) is 0 Å². The molecule has 1 aliphatic rings. The fourth-order valence-electron chi connectivity index (χ4n) is 2.37. The van der Waals surface area contributed by atoms with Gasteiger partial charge < -0.3 is 15.2 Å². The van der Waals surface area contributed by atoms with Crippen LogP contribution in [0.5, 0.6) is 0 Å². The molecule has 1 fully saturated rings. The fourth-order valence-corrected chi connectivity index (χ4v) is 2.37. The third kappa shape index (κ3) is 2.46. The minimum absolute atomic E-state index is 0.174. The highest BCUT2D eigenvalue weighted by Gasteiger charge is 2.27. The zero-order valence-electron chi connectivity index (χ0n) is 10.8. The van der Waals surface area contributed by atoms with Gasteiger partial charge in [-0.15, -0.1) is 0 Å². The van der Waals surface area contributed by atoms with Crippen molar-refractivity contribution in [3.63, 3.8) is 0 Å². The largest absolute Gasteiger partial charge is 0.364 e. The highest BCUT2D eigenvalue weighted by molar-refractivity contribution is 5.94. The molecule has 0 bridgehead atoms. The van der Waals surface area contributed by atoms with Crippen molar-refractivity contribution in [3.05, 3.63) is 33.7 Å². The molecule has 0 aromatic carbocycles. The predicted molar refractivity (Wildman–Crippen MR) is 69.8 cm³/mol. The third-order valence-electron chi connectivity index (χ3n) is 3.36. The zero-order valence-corrected chi connectivity index (χ0v) is 10.8. The normalized spacial score (nSPS) is 18.9. The predicted octanol–water partition coefficient (Wildman–Crippen LogP) is 0.507. The van der Waals surface area contributed by atoms with E-state index in [1.165, 1.54) is 12.3 Å². The van der Waals surface area contributed by atoms with Gasteiger partial charge in [-0.25, -0.2) is 0 Å². The van der Waals surface area contributed by atoms with Gasteiger partial charge in [0.05, 0.1) is 0 Å². The lowest BCUT2D eigenvalue weighted by atomic mass is 10.1. The smallest absolute Gasteiger partial charge is 0.259 e. The number of nitrogens with one attached hydrogen (secondary N) is 2. The summed E-state index contributed by atoms with van der Waals surface area (Å²) in [5, 5.41) is 3.24. The van der Waals surface area contributed by atoms with Crippen LogP contribution in [0.15, 0.2) is 17.1 Å². The lowest BCUT2D eigenvalue weighted by Gasteiger charge is -2.26. The van der Waals surface area contributed by atoms with Gasteiger partial charge in [-0.05, 0) is 26.8 Å². The molecule has 5 heteroatoms. The summed E-state index contributed by atoms with van der Waals surface area (Å²) < 4.78 is 0. The quantitative estimate of drug-likeness (QED) is 0.820. The van der Waals surface area contributed by atoms with E-state index in [9.17, 15) is 9.59 Å². The summed E-state index contributed by atoms with van der Waals surface area (Å²) in [5.41, 5.74) is 0.789. The minimum Gasteiger partial charge on any atom is -0.364 e. The molecule has 1 saturated heterocycles. The van der Waals surface area contributed by atoms with Gasteiger partial charge in [-0.1, -0.05) is 0 Å². The topological polar surface area (TPSA) is 65.2 Å². The molecule has 98 valence electrons. The van der Waals surface area contributed by atoms with Crippen LogP contribution >= 0.6 is 0 Å². The molecule has 0 spiro atoms. The molecule has 0 aliphatic carbocycles. The lowest BCUT2D eigenvalue weighted by molar-refractivity contribution is 0.0702. The first-order valence-electron chi connectivity index (χ1n) is 6.34. The second-order valence-electron chi connectivity index (χ2n) is 4.63. The van der Waals surface area contributed by atoms with Crippen LogP contribution in [-0.2, 0) is 0 Å². The number of nitrogens with zero attached hydrogens (tertiary/aromatic N) is 1. The number of rotatable bonds is 3. The molecule has 1 atom stereocenters. The van der Waals surface area contributed by atoms with E-state index in [0.717, 1.165) is 25.2 Å². The Balaban J connectivity index is 2.25. The Morgan fingerprint density at radius 1 is 1.56 bits per heavy atom. The van der Waals surface area contributed by atoms with Gasteiger partial charge in [0.25, 0.3) is 5.91 Å². The maximum absolute atomic E-state index is 12.4. The zero-order chi connectivity index (χ0) is 13.1. The number of hydrogen-bond donors (Lipinski definition) is 2. The van der Waals surface area contributed by atoms with Gasteiger partial charge in [0.15, 0.2) is 5.43 Å². The van der Waals surface area contributed by atoms with E-state index < -0.39 is 0 Å². The Hall–Kier alpha value is -1.62. The summed E-state index contributed by atoms with van der Waals surface area (Å²) in [6.07, 6.45) is 2.47. The van der Waals surface area contributed by atoms with Gasteiger partial charge in [-0.3, -0.25) is 9.59 Å². The first-order valence-corrected chi connectivity index (χ1v) is 6.34. The van der Waals surface area contributed by atoms with Crippen molar-refractivity contribution >= 4 is 5.91 Å². The monoisotopic (exact) mass is 249 g/mol. The summed E-state index contributed by atoms with van der Waals surface area (Å²) >= 11 is 0. The molecule has 18 heavy (non-hydrogen) atoms. The van der Waals surface area contributed by atoms with Crippen LogP contribution in [0.25, 0.3) is 0 Å². The molecular formula is C13H19N3O2. The van der Waals surface area contributed by atoms with Crippen LogP contribution < -0.4 is 10.7 Å². The third-order valence-corrected chi connectivity index (χ3v) is 3.36. The Bertz CT molecular complexity index is 489. The number of likely N-dealkylation sites (N-methyl/N-ethyl adjacent to an activating group) is 1. The fraction of sp³-hybridized carbons (Fsp3) is 0.538. The van der Waals surface area contributed by atoms with E-state index in [-0.39, 0.29) is 22.9 Å². The van der Waals surface area contributed by atoms with Crippen LogP contribution in [0.1, 0.15) is 29.4 Å². The minimum atomic E-state index is -0.208. The van der Waals surface area contributed by atoms with Gasteiger partial charge in [0.2, 0.25) is 0 Å². The Kier molecular flexibility index (Phi) is 3.81. The van der Waals surface area contributed by atoms with Crippen molar-refractivity contribution in [1.82, 2.24) is 15.2 Å². The number of carbonyl (C=O) groups is 1. The maximum atomic E-state index is 12.4. The molecule has 5 nitrogen and oxygen atoms in total. The van der Waals surface area contributed by atoms with Crippen LogP contribution in [0, 0.1) is 6.92 Å². The molecule has 1 unspecified atom stereocenters. The average molecular weight is 249 g/mol. The van der Waals surface area contributed by atoms with Crippen molar-refractivity contribution in [1.29, 1.82) is 0 Å². The van der Waals surface area contributed by atoms with Crippen molar-refractivity contribution in [3.8, 4) is 0 Å². The number of carbonyl (C=O) groups excluding carboxylic acids is 1. The van der Waals surface area contributed by atoms with E-state index >= 15 is 0 Å². The second-order valence-corrected chi connectivity index (χ2v) is 4.63. The molecule has 1 aliphatic heterocycles. The number of pyridine rings is 1. The molecule has 1 amide bonds. The highest BCUT2D eigenvalue weighted by atomic mass is 16.2. The van der Waals surface area contributed by atoms with Crippen LogP contribution in [0.3, 0.4) is 0 Å². The number of hydrogen-bond acceptors (Lipinski definition) is 3. The summed E-state index contributed by atoms with van der Waals surface area (Å²) in [6.45, 7) is 6.10. The number of H-pyrrole nitrogens is 1. The molecule has 0 radical (unpaired) electrons. The number of aromatic nitrogens is 1. The summed E-state index contributed by atoms with van der Waals surface area (Å²) in [6, 6.07) is 1.66. The number of amides is 1. The molecular weight excluding hydrogens is 230 g/mol. The van der Waals surface area contributed by atoms with Gasteiger partial charge in [0.1, 0.15) is 5.56 Å². The van der Waals surface area contributed by atoms with Crippen molar-refractivity contribution < 1.29 is 4.79 Å². The molecule has 0 saturated carbocycles. The van der Waals surface area contributed by atoms with Gasteiger partial charge in [-0.2, -0.15) is 0 Å². The Morgan fingerprint density at radius 2 is 2.33 bits per heavy atom. The lowest BCUT2D eigenvalue weighted by Crippen LogP contribution is -2.43. The number of aromatic amines is 1. The summed E-state index contributed by atoms with van der Waals surface area (Å²) in [7, 11) is 0. The highest BCUT2D eigenvalue weighted by Crippen LogP contribution is 2.11. The number of aryl methyl sites for hydroxylation is 1. The SMILES string of the molecule is CCN(C(=O)c1c[nH]c(C)cc1=O)C1CCNC1. The maximum Gasteiger partial charge on any atom is 0.259 e. The second kappa shape index (κ2) is 5.35. The van der Waals surface area contributed by atoms with Crippen LogP contribution in [-0.4, -0.2) is 41.5 Å². The van der Waals surface area contributed by atoms with Crippen molar-refractivity contribution in [2.45, 2.75) is 26.3 Å². The first kappa shape index (κ1) is 12.8. The first-order chi connectivity index (χ1) is 8.63. The molecule has 2 heterocycles. The van der Waals surface area contributed by atoms with E-state index in [1.807, 2.05) is 6.92 Å². The Labute approximate surface area is 106 Å². The standard InChI is InChI=1S/C13H19N3O2/c1-3-16(10-4-5-14-7-10)13(18)11-8-15-9(2)6-12(11)17/h6,8,10,14H,3-5,7H2,1-2H3,(H,15,17). The van der Waals surface area contributed by atoms with Gasteiger partial charge in [0, 0.05) is 37.1 Å². The van der Waals surface area contributed by atoms with Crippen molar-refractivity contribution in [2.24, 2.45) is 0 Å². The summed E-state index contributed by atoms with van der Waals surface area (Å²) in [5.74, 6) is -0.174. The van der Waals surface area contributed by atoms with Gasteiger partial charge >= 0.3 is 0 Å². The average Bonchev–Trinajstić information content (AvgIpc) is 2.83. The van der Waals surface area contributed by atoms with E-state index in [4.69, 9.17) is 0 Å². The van der Waals surface area contributed by atoms with E-state index in [0.29, 0.717) is 6.54 Å². The van der Waals surface area contributed by atoms with Crippen molar-refractivity contribution in [2.75, 3.05) is 19.6 Å². The van der Waals surface area contributed by atoms with E-state index in [1.54, 1.807) is 11.8 Å². The molecule has 1 aromatic heterocycles.